The first kappa shape index (κ1) is 22.1. The number of amides is 2. The molecule has 2 saturated heterocycles. The molecule has 1 atom stereocenters. The molecule has 3 aromatic rings. The lowest BCUT2D eigenvalue weighted by Gasteiger charge is -2.36. The molecule has 1 unspecified atom stereocenters. The number of carbonyl (C=O) groups excluding carboxylic acids is 2. The molecular weight excluding hydrogens is 454 g/mol. The Morgan fingerprint density at radius 2 is 1.74 bits per heavy atom. The maximum absolute atomic E-state index is 13.1. The summed E-state index contributed by atoms with van der Waals surface area (Å²) in [4.78, 5) is 35.5. The number of aromatic nitrogens is 3. The van der Waals surface area contributed by atoms with Gasteiger partial charge in [0.05, 0.1) is 5.92 Å². The first-order chi connectivity index (χ1) is 16.6. The summed E-state index contributed by atoms with van der Waals surface area (Å²) in [5.41, 5.74) is 0.772. The lowest BCUT2D eigenvalue weighted by atomic mass is 10.1. The van der Waals surface area contributed by atoms with Crippen LogP contribution in [0.1, 0.15) is 6.42 Å². The molecule has 1 aromatic carbocycles. The Morgan fingerprint density at radius 1 is 0.941 bits per heavy atom. The second kappa shape index (κ2) is 9.64. The fraction of sp³-hybridized carbons (Fsp3) is 0.292. The third-order valence-electron chi connectivity index (χ3n) is 6.10. The second-order valence-corrected chi connectivity index (χ2v) is 8.75. The molecule has 2 fully saturated rings. The highest BCUT2D eigenvalue weighted by molar-refractivity contribution is 6.30. The average molecular weight is 478 g/mol. The molecule has 9 nitrogen and oxygen atoms in total. The van der Waals surface area contributed by atoms with Crippen molar-refractivity contribution in [1.82, 2.24) is 20.1 Å². The summed E-state index contributed by atoms with van der Waals surface area (Å²) in [6.45, 7) is 2.89. The minimum Gasteiger partial charge on any atom is -0.352 e. The Kier molecular flexibility index (Phi) is 6.27. The van der Waals surface area contributed by atoms with E-state index in [9.17, 15) is 9.59 Å². The van der Waals surface area contributed by atoms with Crippen LogP contribution in [-0.2, 0) is 9.59 Å². The number of benzene rings is 1. The summed E-state index contributed by atoms with van der Waals surface area (Å²) in [5.74, 6) is 1.76. The van der Waals surface area contributed by atoms with Crippen molar-refractivity contribution in [1.29, 1.82) is 0 Å². The van der Waals surface area contributed by atoms with Crippen molar-refractivity contribution in [2.45, 2.75) is 6.42 Å². The van der Waals surface area contributed by atoms with E-state index in [4.69, 9.17) is 11.6 Å². The molecule has 2 aliphatic rings. The van der Waals surface area contributed by atoms with Gasteiger partial charge in [-0.25, -0.2) is 4.98 Å². The quantitative estimate of drug-likeness (QED) is 0.603. The van der Waals surface area contributed by atoms with Crippen LogP contribution in [0, 0.1) is 5.92 Å². The predicted octanol–water partition coefficient (Wildman–Crippen LogP) is 2.97. The van der Waals surface area contributed by atoms with Crippen LogP contribution in [-0.4, -0.2) is 64.6 Å². The highest BCUT2D eigenvalue weighted by Crippen LogP contribution is 2.28. The molecule has 2 aromatic heterocycles. The number of anilines is 4. The zero-order valence-corrected chi connectivity index (χ0v) is 19.2. The number of piperazine rings is 1. The van der Waals surface area contributed by atoms with Crippen LogP contribution in [0.4, 0.5) is 23.1 Å². The van der Waals surface area contributed by atoms with E-state index in [2.05, 4.69) is 25.4 Å². The predicted molar refractivity (Wildman–Crippen MR) is 130 cm³/mol. The van der Waals surface area contributed by atoms with Crippen LogP contribution in [0.25, 0.3) is 0 Å². The molecule has 0 radical (unpaired) electrons. The normalized spacial score (nSPS) is 18.3. The molecule has 2 aliphatic heterocycles. The average Bonchev–Trinajstić information content (AvgIpc) is 3.27. The summed E-state index contributed by atoms with van der Waals surface area (Å²) in [5, 5.41) is 12.3. The third kappa shape index (κ3) is 4.79. The van der Waals surface area contributed by atoms with Crippen LogP contribution in [0.5, 0.6) is 0 Å². The lowest BCUT2D eigenvalue weighted by Crippen LogP contribution is -2.51. The standard InChI is InChI=1S/C24H24ClN7O2/c25-18-4-6-19(7-5-18)32-16-17(15-23(32)33)24(34)31-13-11-30(12-14-31)22-9-8-21(28-29-22)27-20-3-1-2-10-26-20/h1-10,17H,11-16H2,(H,26,27,28). The van der Waals surface area contributed by atoms with Crippen LogP contribution >= 0.6 is 11.6 Å². The molecule has 4 heterocycles. The number of nitrogens with zero attached hydrogens (tertiary/aromatic N) is 6. The van der Waals surface area contributed by atoms with Gasteiger partial charge in [0.2, 0.25) is 11.8 Å². The highest BCUT2D eigenvalue weighted by atomic mass is 35.5. The lowest BCUT2D eigenvalue weighted by molar-refractivity contribution is -0.136. The Labute approximate surface area is 202 Å². The van der Waals surface area contributed by atoms with Gasteiger partial charge in [-0.1, -0.05) is 17.7 Å². The van der Waals surface area contributed by atoms with Crippen LogP contribution < -0.4 is 15.1 Å². The van der Waals surface area contributed by atoms with Gasteiger partial charge in [0, 0.05) is 56.1 Å². The van der Waals surface area contributed by atoms with Crippen molar-refractivity contribution in [3.8, 4) is 0 Å². The number of hydrogen-bond acceptors (Lipinski definition) is 7. The van der Waals surface area contributed by atoms with Gasteiger partial charge in [0.25, 0.3) is 0 Å². The molecule has 5 rings (SSSR count). The van der Waals surface area contributed by atoms with Crippen molar-refractivity contribution in [3.63, 3.8) is 0 Å². The molecular formula is C24H24ClN7O2. The fourth-order valence-corrected chi connectivity index (χ4v) is 4.41. The van der Waals surface area contributed by atoms with Crippen molar-refractivity contribution < 1.29 is 9.59 Å². The first-order valence-corrected chi connectivity index (χ1v) is 11.6. The summed E-state index contributed by atoms with van der Waals surface area (Å²) < 4.78 is 0. The van der Waals surface area contributed by atoms with Crippen LogP contribution in [0.3, 0.4) is 0 Å². The SMILES string of the molecule is O=C(C1CC(=O)N(c2ccc(Cl)cc2)C1)N1CCN(c2ccc(Nc3ccccn3)nn2)CC1. The Balaban J connectivity index is 1.15. The minimum atomic E-state index is -0.327. The smallest absolute Gasteiger partial charge is 0.228 e. The van der Waals surface area contributed by atoms with E-state index in [0.717, 1.165) is 11.5 Å². The number of pyridine rings is 1. The molecule has 34 heavy (non-hydrogen) atoms. The van der Waals surface area contributed by atoms with E-state index in [1.807, 2.05) is 47.4 Å². The van der Waals surface area contributed by atoms with Crippen LogP contribution in [0.2, 0.25) is 5.02 Å². The maximum atomic E-state index is 13.1. The number of halogens is 1. The first-order valence-electron chi connectivity index (χ1n) is 11.2. The van der Waals surface area contributed by atoms with Crippen LogP contribution in [0.15, 0.2) is 60.8 Å². The summed E-state index contributed by atoms with van der Waals surface area (Å²) in [6, 6.07) is 16.5. The third-order valence-corrected chi connectivity index (χ3v) is 6.35. The molecule has 0 bridgehead atoms. The molecule has 10 heteroatoms. The van der Waals surface area contributed by atoms with Crippen molar-refractivity contribution >= 4 is 46.6 Å². The Hall–Kier alpha value is -3.72. The monoisotopic (exact) mass is 477 g/mol. The minimum absolute atomic E-state index is 0.0328. The molecule has 174 valence electrons. The Bertz CT molecular complexity index is 1150. The summed E-state index contributed by atoms with van der Waals surface area (Å²) in [7, 11) is 0. The van der Waals surface area contributed by atoms with Gasteiger partial charge in [-0.2, -0.15) is 0 Å². The van der Waals surface area contributed by atoms with E-state index in [0.29, 0.717) is 49.4 Å². The molecule has 2 amide bonds. The molecule has 0 spiro atoms. The zero-order valence-electron chi connectivity index (χ0n) is 18.5. The number of nitrogens with one attached hydrogen (secondary N) is 1. The summed E-state index contributed by atoms with van der Waals surface area (Å²) >= 11 is 5.95. The van der Waals surface area contributed by atoms with E-state index in [-0.39, 0.29) is 24.2 Å². The Morgan fingerprint density at radius 3 is 2.41 bits per heavy atom. The van der Waals surface area contributed by atoms with Gasteiger partial charge in [0.15, 0.2) is 11.6 Å². The van der Waals surface area contributed by atoms with Crippen molar-refractivity contribution in [2.75, 3.05) is 47.8 Å². The largest absolute Gasteiger partial charge is 0.352 e. The van der Waals surface area contributed by atoms with Gasteiger partial charge in [-0.3, -0.25) is 9.59 Å². The van der Waals surface area contributed by atoms with Crippen molar-refractivity contribution in [3.05, 3.63) is 65.8 Å². The van der Waals surface area contributed by atoms with E-state index >= 15 is 0 Å². The topological polar surface area (TPSA) is 94.6 Å². The van der Waals surface area contributed by atoms with Gasteiger partial charge in [-0.05, 0) is 48.5 Å². The van der Waals surface area contributed by atoms with Crippen molar-refractivity contribution in [2.24, 2.45) is 5.92 Å². The van der Waals surface area contributed by atoms with Gasteiger partial charge >= 0.3 is 0 Å². The fourth-order valence-electron chi connectivity index (χ4n) is 4.29. The number of carbonyl (C=O) groups is 2. The number of rotatable bonds is 5. The maximum Gasteiger partial charge on any atom is 0.228 e. The van der Waals surface area contributed by atoms with E-state index in [1.165, 1.54) is 0 Å². The zero-order chi connectivity index (χ0) is 23.5. The molecule has 1 N–H and O–H groups in total. The second-order valence-electron chi connectivity index (χ2n) is 8.31. The van der Waals surface area contributed by atoms with Gasteiger partial charge in [0.1, 0.15) is 5.82 Å². The number of hydrogen-bond donors (Lipinski definition) is 1. The van der Waals surface area contributed by atoms with Gasteiger partial charge in [-0.15, -0.1) is 10.2 Å². The highest BCUT2D eigenvalue weighted by Gasteiger charge is 2.38. The molecule has 0 saturated carbocycles. The van der Waals surface area contributed by atoms with E-state index in [1.54, 1.807) is 23.2 Å². The molecule has 0 aliphatic carbocycles. The van der Waals surface area contributed by atoms with Gasteiger partial charge < -0.3 is 20.0 Å². The van der Waals surface area contributed by atoms with E-state index < -0.39 is 0 Å². The summed E-state index contributed by atoms with van der Waals surface area (Å²) in [6.07, 6.45) is 1.94.